The SMILES string of the molecule is CC(C)(C)OC(=O)[C@@H](O)[C@]1(O)O[C@H](COCc2ccccc2)[C@@H](OCc2ccccc2)[C@H](OCc2ccccc2)[C@H]1OCc1ccccc1. The number of rotatable bonds is 15. The highest BCUT2D eigenvalue weighted by Gasteiger charge is 2.62. The zero-order valence-corrected chi connectivity index (χ0v) is 28.2. The molecule has 0 aromatic heterocycles. The van der Waals surface area contributed by atoms with E-state index < -0.39 is 47.9 Å². The van der Waals surface area contributed by atoms with Gasteiger partial charge in [0.2, 0.25) is 11.9 Å². The van der Waals surface area contributed by atoms with Crippen LogP contribution in [0.3, 0.4) is 0 Å². The van der Waals surface area contributed by atoms with Crippen LogP contribution in [-0.2, 0) is 59.6 Å². The van der Waals surface area contributed by atoms with Gasteiger partial charge in [-0.1, -0.05) is 121 Å². The second-order valence-electron chi connectivity index (χ2n) is 13.1. The molecule has 6 atom stereocenters. The summed E-state index contributed by atoms with van der Waals surface area (Å²) in [5, 5.41) is 24.0. The Hall–Kier alpha value is -3.93. The normalized spacial score (nSPS) is 23.1. The van der Waals surface area contributed by atoms with E-state index in [4.69, 9.17) is 28.4 Å². The number of benzene rings is 4. The molecular weight excluding hydrogens is 624 g/mol. The molecule has 0 spiro atoms. The third-order valence-electron chi connectivity index (χ3n) is 7.99. The van der Waals surface area contributed by atoms with E-state index in [1.54, 1.807) is 20.8 Å². The number of carbonyl (C=O) groups excluding carboxylic acids is 1. The van der Waals surface area contributed by atoms with Gasteiger partial charge in [0.15, 0.2) is 0 Å². The van der Waals surface area contributed by atoms with Crippen LogP contribution in [0.25, 0.3) is 0 Å². The fourth-order valence-electron chi connectivity index (χ4n) is 5.63. The van der Waals surface area contributed by atoms with Gasteiger partial charge in [0.1, 0.15) is 30.0 Å². The number of esters is 1. The van der Waals surface area contributed by atoms with Crippen LogP contribution >= 0.6 is 0 Å². The van der Waals surface area contributed by atoms with Crippen molar-refractivity contribution in [3.63, 3.8) is 0 Å². The number of ether oxygens (including phenoxy) is 6. The van der Waals surface area contributed by atoms with Gasteiger partial charge >= 0.3 is 5.97 Å². The molecule has 1 aliphatic rings. The molecule has 1 heterocycles. The van der Waals surface area contributed by atoms with Gasteiger partial charge in [0.05, 0.1) is 33.0 Å². The minimum Gasteiger partial charge on any atom is -0.458 e. The first-order valence-corrected chi connectivity index (χ1v) is 16.5. The molecule has 1 fully saturated rings. The highest BCUT2D eigenvalue weighted by Crippen LogP contribution is 2.38. The first-order chi connectivity index (χ1) is 23.6. The standard InChI is InChI=1S/C40H46O9/c1-39(2,3)49-38(42)36(41)40(43)37(47-27-32-22-14-7-15-23-32)35(46-26-31-20-12-6-13-21-31)34(45-25-30-18-10-5-11-19-30)33(48-40)28-44-24-29-16-8-4-9-17-29/h4-23,33-37,41,43H,24-28H2,1-3H3/t33-,34-,35+,36-,37-,40+/m1/s1. The van der Waals surface area contributed by atoms with E-state index in [1.165, 1.54) is 0 Å². The molecule has 5 rings (SSSR count). The van der Waals surface area contributed by atoms with Crippen LogP contribution in [0.15, 0.2) is 121 Å². The summed E-state index contributed by atoms with van der Waals surface area (Å²) in [6.45, 7) is 5.54. The lowest BCUT2D eigenvalue weighted by Gasteiger charge is -2.51. The third-order valence-corrected chi connectivity index (χ3v) is 7.99. The van der Waals surface area contributed by atoms with Gasteiger partial charge in [0.25, 0.3) is 0 Å². The maximum absolute atomic E-state index is 13.4. The number of hydrogen-bond acceptors (Lipinski definition) is 9. The molecule has 4 aromatic carbocycles. The fourth-order valence-corrected chi connectivity index (χ4v) is 5.63. The van der Waals surface area contributed by atoms with Crippen LogP contribution < -0.4 is 0 Å². The van der Waals surface area contributed by atoms with Gasteiger partial charge in [0, 0.05) is 0 Å². The first-order valence-electron chi connectivity index (χ1n) is 16.5. The summed E-state index contributed by atoms with van der Waals surface area (Å²) < 4.78 is 37.5. The van der Waals surface area contributed by atoms with Gasteiger partial charge in [-0.25, -0.2) is 4.79 Å². The highest BCUT2D eigenvalue weighted by molar-refractivity contribution is 5.76. The first kappa shape index (κ1) is 36.4. The van der Waals surface area contributed by atoms with Crippen molar-refractivity contribution in [1.82, 2.24) is 0 Å². The maximum Gasteiger partial charge on any atom is 0.341 e. The van der Waals surface area contributed by atoms with Crippen LogP contribution in [0.5, 0.6) is 0 Å². The van der Waals surface area contributed by atoms with Gasteiger partial charge in [-0.15, -0.1) is 0 Å². The lowest BCUT2D eigenvalue weighted by molar-refractivity contribution is -0.390. The van der Waals surface area contributed by atoms with E-state index in [0.717, 1.165) is 22.3 Å². The van der Waals surface area contributed by atoms with Crippen LogP contribution in [0.4, 0.5) is 0 Å². The second-order valence-corrected chi connectivity index (χ2v) is 13.1. The molecule has 49 heavy (non-hydrogen) atoms. The Kier molecular flexibility index (Phi) is 12.7. The van der Waals surface area contributed by atoms with Crippen molar-refractivity contribution in [2.24, 2.45) is 0 Å². The molecule has 0 amide bonds. The highest BCUT2D eigenvalue weighted by atomic mass is 16.7. The van der Waals surface area contributed by atoms with Crippen molar-refractivity contribution in [3.05, 3.63) is 144 Å². The van der Waals surface area contributed by atoms with E-state index in [1.807, 2.05) is 121 Å². The number of carbonyl (C=O) groups is 1. The summed E-state index contributed by atoms with van der Waals surface area (Å²) in [5.74, 6) is -3.69. The van der Waals surface area contributed by atoms with E-state index in [-0.39, 0.29) is 33.0 Å². The zero-order chi connectivity index (χ0) is 34.7. The molecule has 9 nitrogen and oxygen atoms in total. The summed E-state index contributed by atoms with van der Waals surface area (Å²) in [6.07, 6.45) is -6.50. The summed E-state index contributed by atoms with van der Waals surface area (Å²) in [7, 11) is 0. The molecule has 0 saturated carbocycles. The largest absolute Gasteiger partial charge is 0.458 e. The Morgan fingerprint density at radius 3 is 1.53 bits per heavy atom. The number of aliphatic hydroxyl groups excluding tert-OH is 1. The topological polar surface area (TPSA) is 113 Å². The molecule has 1 aliphatic heterocycles. The fraction of sp³-hybridized carbons (Fsp3) is 0.375. The van der Waals surface area contributed by atoms with Gasteiger partial charge < -0.3 is 38.6 Å². The Balaban J connectivity index is 1.53. The average molecular weight is 671 g/mol. The molecule has 260 valence electrons. The number of hydrogen-bond donors (Lipinski definition) is 2. The lowest BCUT2D eigenvalue weighted by Crippen LogP contribution is -2.72. The Labute approximate surface area is 288 Å². The monoisotopic (exact) mass is 670 g/mol. The van der Waals surface area contributed by atoms with Crippen LogP contribution in [-0.4, -0.2) is 64.7 Å². The van der Waals surface area contributed by atoms with Crippen molar-refractivity contribution in [1.29, 1.82) is 0 Å². The number of aliphatic hydroxyl groups is 2. The molecule has 2 N–H and O–H groups in total. The maximum atomic E-state index is 13.4. The quantitative estimate of drug-likeness (QED) is 0.153. The summed E-state index contributed by atoms with van der Waals surface area (Å²) in [4.78, 5) is 13.4. The average Bonchev–Trinajstić information content (AvgIpc) is 3.10. The molecule has 0 radical (unpaired) electrons. The van der Waals surface area contributed by atoms with Gasteiger partial charge in [-0.3, -0.25) is 0 Å². The Morgan fingerprint density at radius 2 is 1.08 bits per heavy atom. The lowest BCUT2D eigenvalue weighted by atomic mass is 9.88. The predicted molar refractivity (Wildman–Crippen MR) is 183 cm³/mol. The molecule has 1 saturated heterocycles. The van der Waals surface area contributed by atoms with Gasteiger partial charge in [-0.05, 0) is 43.0 Å². The Morgan fingerprint density at radius 1 is 0.673 bits per heavy atom. The molecule has 4 aromatic rings. The van der Waals surface area contributed by atoms with Crippen molar-refractivity contribution in [2.75, 3.05) is 6.61 Å². The van der Waals surface area contributed by atoms with Crippen molar-refractivity contribution >= 4 is 5.97 Å². The van der Waals surface area contributed by atoms with Gasteiger partial charge in [-0.2, -0.15) is 0 Å². The third kappa shape index (κ3) is 10.3. The van der Waals surface area contributed by atoms with Crippen LogP contribution in [0.1, 0.15) is 43.0 Å². The smallest absolute Gasteiger partial charge is 0.341 e. The van der Waals surface area contributed by atoms with E-state index in [0.29, 0.717) is 0 Å². The zero-order valence-electron chi connectivity index (χ0n) is 28.2. The minimum absolute atomic E-state index is 0.0178. The van der Waals surface area contributed by atoms with Crippen LogP contribution in [0, 0.1) is 0 Å². The summed E-state index contributed by atoms with van der Waals surface area (Å²) >= 11 is 0. The van der Waals surface area contributed by atoms with Crippen LogP contribution in [0.2, 0.25) is 0 Å². The van der Waals surface area contributed by atoms with E-state index in [9.17, 15) is 15.0 Å². The molecule has 0 bridgehead atoms. The molecule has 0 unspecified atom stereocenters. The minimum atomic E-state index is -2.62. The molecule has 0 aliphatic carbocycles. The van der Waals surface area contributed by atoms with Crippen molar-refractivity contribution in [3.8, 4) is 0 Å². The Bertz CT molecular complexity index is 1550. The van der Waals surface area contributed by atoms with Crippen molar-refractivity contribution in [2.45, 2.75) is 89.1 Å². The molecular formula is C40H46O9. The predicted octanol–water partition coefficient (Wildman–Crippen LogP) is 5.75. The van der Waals surface area contributed by atoms with Crippen molar-refractivity contribution < 1.29 is 43.4 Å². The molecule has 9 heteroatoms. The second kappa shape index (κ2) is 17.1. The van der Waals surface area contributed by atoms with E-state index >= 15 is 0 Å². The summed E-state index contributed by atoms with van der Waals surface area (Å²) in [6, 6.07) is 38.2. The summed E-state index contributed by atoms with van der Waals surface area (Å²) in [5.41, 5.74) is 2.56. The van der Waals surface area contributed by atoms with E-state index in [2.05, 4.69) is 0 Å².